The largest absolute Gasteiger partial charge is 0.393 e. The van der Waals surface area contributed by atoms with Crippen LogP contribution >= 0.6 is 11.6 Å². The van der Waals surface area contributed by atoms with E-state index < -0.39 is 0 Å². The molecule has 1 aromatic carbocycles. The average molecular weight is 282 g/mol. The maximum absolute atomic E-state index is 12.5. The number of aliphatic hydroxyl groups is 1. The number of amides is 1. The maximum atomic E-state index is 12.5. The lowest BCUT2D eigenvalue weighted by molar-refractivity contribution is -0.132. The fourth-order valence-electron chi connectivity index (χ4n) is 2.37. The zero-order chi connectivity index (χ0) is 14.0. The predicted octanol–water partition coefficient (Wildman–Crippen LogP) is 2.60. The zero-order valence-electron chi connectivity index (χ0n) is 11.4. The summed E-state index contributed by atoms with van der Waals surface area (Å²) in [5.41, 5.74) is 0.698. The fourth-order valence-corrected chi connectivity index (χ4v) is 2.49. The number of likely N-dealkylation sites (N-methyl/N-ethyl adjacent to an activating group) is 1. The van der Waals surface area contributed by atoms with Crippen molar-refractivity contribution in [2.24, 2.45) is 0 Å². The molecule has 1 aliphatic rings. The molecule has 1 fully saturated rings. The van der Waals surface area contributed by atoms with E-state index >= 15 is 0 Å². The van der Waals surface area contributed by atoms with Gasteiger partial charge in [0.1, 0.15) is 0 Å². The van der Waals surface area contributed by atoms with Crippen molar-refractivity contribution in [1.82, 2.24) is 4.90 Å². The number of halogens is 1. The van der Waals surface area contributed by atoms with Crippen LogP contribution in [0.1, 0.15) is 31.7 Å². The van der Waals surface area contributed by atoms with Crippen LogP contribution in [0.4, 0.5) is 0 Å². The minimum absolute atomic E-state index is 0.149. The van der Waals surface area contributed by atoms with Crippen LogP contribution in [0.5, 0.6) is 0 Å². The highest BCUT2D eigenvalue weighted by atomic mass is 35.5. The van der Waals surface area contributed by atoms with Gasteiger partial charge in [-0.3, -0.25) is 4.79 Å². The van der Waals surface area contributed by atoms with Gasteiger partial charge >= 0.3 is 0 Å². The van der Waals surface area contributed by atoms with E-state index in [4.69, 9.17) is 11.6 Å². The molecule has 0 aromatic heterocycles. The van der Waals surface area contributed by atoms with Crippen LogP contribution in [0.25, 0.3) is 0 Å². The first kappa shape index (κ1) is 14.4. The molecule has 4 heteroatoms. The van der Waals surface area contributed by atoms with Crippen LogP contribution in [0.3, 0.4) is 0 Å². The molecule has 1 atom stereocenters. The standard InChI is InChI=1S/C15H20ClNO2/c1-11(18)7-10-17(2)14(19)15(8-9-15)12-3-5-13(16)6-4-12/h3-6,11,18H,7-10H2,1-2H3. The lowest BCUT2D eigenvalue weighted by Gasteiger charge is -2.24. The van der Waals surface area contributed by atoms with Crippen molar-refractivity contribution in [3.8, 4) is 0 Å². The highest BCUT2D eigenvalue weighted by molar-refractivity contribution is 6.30. The van der Waals surface area contributed by atoms with Gasteiger partial charge in [-0.1, -0.05) is 23.7 Å². The number of benzene rings is 1. The molecular weight excluding hydrogens is 262 g/mol. The van der Waals surface area contributed by atoms with Crippen LogP contribution < -0.4 is 0 Å². The second kappa shape index (κ2) is 5.51. The average Bonchev–Trinajstić information content (AvgIpc) is 3.17. The molecular formula is C15H20ClNO2. The molecule has 0 radical (unpaired) electrons. The first-order valence-electron chi connectivity index (χ1n) is 6.65. The van der Waals surface area contributed by atoms with Gasteiger partial charge in [0.25, 0.3) is 0 Å². The fraction of sp³-hybridized carbons (Fsp3) is 0.533. The molecule has 1 aromatic rings. The Labute approximate surface area is 119 Å². The van der Waals surface area contributed by atoms with Gasteiger partial charge in [0.05, 0.1) is 11.5 Å². The minimum atomic E-state index is -0.374. The van der Waals surface area contributed by atoms with Crippen LogP contribution in [0.15, 0.2) is 24.3 Å². The third-order valence-electron chi connectivity index (χ3n) is 3.79. The van der Waals surface area contributed by atoms with Gasteiger partial charge in [-0.25, -0.2) is 0 Å². The molecule has 2 rings (SSSR count). The molecule has 0 spiro atoms. The topological polar surface area (TPSA) is 40.5 Å². The quantitative estimate of drug-likeness (QED) is 0.901. The Kier molecular flexibility index (Phi) is 4.16. The molecule has 1 amide bonds. The maximum Gasteiger partial charge on any atom is 0.232 e. The van der Waals surface area contributed by atoms with E-state index in [-0.39, 0.29) is 17.4 Å². The van der Waals surface area contributed by atoms with E-state index in [0.717, 1.165) is 18.4 Å². The van der Waals surface area contributed by atoms with Crippen LogP contribution in [-0.4, -0.2) is 35.6 Å². The third-order valence-corrected chi connectivity index (χ3v) is 4.04. The molecule has 1 aliphatic carbocycles. The van der Waals surface area contributed by atoms with Gasteiger partial charge in [-0.05, 0) is 43.9 Å². The van der Waals surface area contributed by atoms with Crippen molar-refractivity contribution in [1.29, 1.82) is 0 Å². The Hall–Kier alpha value is -1.06. The molecule has 104 valence electrons. The molecule has 0 heterocycles. The number of nitrogens with zero attached hydrogens (tertiary/aromatic N) is 1. The summed E-state index contributed by atoms with van der Waals surface area (Å²) >= 11 is 5.89. The summed E-state index contributed by atoms with van der Waals surface area (Å²) in [7, 11) is 1.81. The SMILES string of the molecule is CC(O)CCN(C)C(=O)C1(c2ccc(Cl)cc2)CC1. The van der Waals surface area contributed by atoms with Gasteiger partial charge in [-0.2, -0.15) is 0 Å². The van der Waals surface area contributed by atoms with E-state index in [9.17, 15) is 9.90 Å². The van der Waals surface area contributed by atoms with Crippen LogP contribution in [0.2, 0.25) is 5.02 Å². The summed E-state index contributed by atoms with van der Waals surface area (Å²) < 4.78 is 0. The molecule has 0 saturated heterocycles. The molecule has 0 aliphatic heterocycles. The Morgan fingerprint density at radius 1 is 1.42 bits per heavy atom. The summed E-state index contributed by atoms with van der Waals surface area (Å²) in [6.45, 7) is 2.33. The molecule has 19 heavy (non-hydrogen) atoms. The third kappa shape index (κ3) is 3.10. The molecule has 3 nitrogen and oxygen atoms in total. The number of hydrogen-bond donors (Lipinski definition) is 1. The van der Waals surface area contributed by atoms with Crippen molar-refractivity contribution >= 4 is 17.5 Å². The number of aliphatic hydroxyl groups excluding tert-OH is 1. The second-order valence-corrected chi connectivity index (χ2v) is 5.89. The smallest absolute Gasteiger partial charge is 0.232 e. The van der Waals surface area contributed by atoms with Crippen LogP contribution in [-0.2, 0) is 10.2 Å². The van der Waals surface area contributed by atoms with E-state index in [0.29, 0.717) is 18.0 Å². The predicted molar refractivity (Wildman–Crippen MR) is 76.3 cm³/mol. The van der Waals surface area contributed by atoms with Gasteiger partial charge in [-0.15, -0.1) is 0 Å². The molecule has 1 N–H and O–H groups in total. The summed E-state index contributed by atoms with van der Waals surface area (Å²) in [4.78, 5) is 14.3. The number of rotatable bonds is 5. The van der Waals surface area contributed by atoms with E-state index in [1.807, 2.05) is 24.3 Å². The highest BCUT2D eigenvalue weighted by Gasteiger charge is 2.52. The summed E-state index contributed by atoms with van der Waals surface area (Å²) in [6.07, 6.45) is 2.03. The van der Waals surface area contributed by atoms with Crippen LogP contribution in [0, 0.1) is 0 Å². The Balaban J connectivity index is 2.07. The lowest BCUT2D eigenvalue weighted by Crippen LogP contribution is -2.37. The van der Waals surface area contributed by atoms with Gasteiger partial charge in [0.2, 0.25) is 5.91 Å². The first-order valence-corrected chi connectivity index (χ1v) is 7.03. The summed E-state index contributed by atoms with van der Waals surface area (Å²) in [6, 6.07) is 7.55. The minimum Gasteiger partial charge on any atom is -0.393 e. The van der Waals surface area contributed by atoms with E-state index in [2.05, 4.69) is 0 Å². The lowest BCUT2D eigenvalue weighted by atomic mass is 9.94. The van der Waals surface area contributed by atoms with E-state index in [1.165, 1.54) is 0 Å². The number of hydrogen-bond acceptors (Lipinski definition) is 2. The zero-order valence-corrected chi connectivity index (χ0v) is 12.2. The van der Waals surface area contributed by atoms with E-state index in [1.54, 1.807) is 18.9 Å². The second-order valence-electron chi connectivity index (χ2n) is 5.45. The first-order chi connectivity index (χ1) is 8.95. The summed E-state index contributed by atoms with van der Waals surface area (Å²) in [5.74, 6) is 0.149. The monoisotopic (exact) mass is 281 g/mol. The van der Waals surface area contributed by atoms with Crippen molar-refractivity contribution in [3.05, 3.63) is 34.9 Å². The molecule has 1 saturated carbocycles. The van der Waals surface area contributed by atoms with Crippen molar-refractivity contribution in [2.75, 3.05) is 13.6 Å². The summed E-state index contributed by atoms with van der Waals surface area (Å²) in [5, 5.41) is 9.99. The Morgan fingerprint density at radius 3 is 2.47 bits per heavy atom. The normalized spacial score (nSPS) is 17.9. The van der Waals surface area contributed by atoms with Crippen molar-refractivity contribution < 1.29 is 9.90 Å². The highest BCUT2D eigenvalue weighted by Crippen LogP contribution is 2.49. The Bertz CT molecular complexity index is 452. The van der Waals surface area contributed by atoms with Gasteiger partial charge in [0, 0.05) is 18.6 Å². The number of carbonyl (C=O) groups excluding carboxylic acids is 1. The van der Waals surface area contributed by atoms with Crippen molar-refractivity contribution in [2.45, 2.75) is 37.7 Å². The molecule has 0 bridgehead atoms. The van der Waals surface area contributed by atoms with Crippen molar-refractivity contribution in [3.63, 3.8) is 0 Å². The molecule has 1 unspecified atom stereocenters. The van der Waals surface area contributed by atoms with Gasteiger partial charge < -0.3 is 10.0 Å². The Morgan fingerprint density at radius 2 is 2.00 bits per heavy atom. The number of carbonyl (C=O) groups is 1. The van der Waals surface area contributed by atoms with Gasteiger partial charge in [0.15, 0.2) is 0 Å².